The van der Waals surface area contributed by atoms with E-state index < -0.39 is 0 Å². The van der Waals surface area contributed by atoms with Crippen molar-refractivity contribution in [2.75, 3.05) is 25.3 Å². The molecule has 4 rings (SSSR count). The third-order valence-corrected chi connectivity index (χ3v) is 7.40. The number of aromatic nitrogens is 2. The third-order valence-electron chi connectivity index (χ3n) is 5.04. The highest BCUT2D eigenvalue weighted by Gasteiger charge is 2.15. The minimum atomic E-state index is -0.172. The summed E-state index contributed by atoms with van der Waals surface area (Å²) in [6.45, 7) is 0.421. The average molecular weight is 560 g/mol. The van der Waals surface area contributed by atoms with E-state index in [2.05, 4.69) is 26.2 Å². The molecule has 0 fully saturated rings. The summed E-state index contributed by atoms with van der Waals surface area (Å²) in [5.41, 5.74) is 2.24. The van der Waals surface area contributed by atoms with Gasteiger partial charge in [-0.15, -0.1) is 11.3 Å². The Balaban J connectivity index is 1.53. The molecule has 1 N–H and O–H groups in total. The number of hydrogen-bond acceptors (Lipinski definition) is 7. The smallest absolute Gasteiger partial charge is 0.272 e. The van der Waals surface area contributed by atoms with E-state index >= 15 is 0 Å². The van der Waals surface area contributed by atoms with Crippen LogP contribution in [0.15, 0.2) is 68.3 Å². The van der Waals surface area contributed by atoms with Crippen LogP contribution in [0.4, 0.5) is 5.69 Å². The van der Waals surface area contributed by atoms with Gasteiger partial charge >= 0.3 is 0 Å². The number of thioether (sulfide) groups is 1. The van der Waals surface area contributed by atoms with Gasteiger partial charge in [0.1, 0.15) is 4.70 Å². The highest BCUT2D eigenvalue weighted by Crippen LogP contribution is 2.28. The van der Waals surface area contributed by atoms with Crippen LogP contribution in [-0.2, 0) is 17.8 Å². The van der Waals surface area contributed by atoms with Gasteiger partial charge in [-0.1, -0.05) is 39.8 Å². The summed E-state index contributed by atoms with van der Waals surface area (Å²) in [6, 6.07) is 14.9. The highest BCUT2D eigenvalue weighted by molar-refractivity contribution is 9.10. The molecule has 0 aliphatic carbocycles. The molecule has 0 bridgehead atoms. The summed E-state index contributed by atoms with van der Waals surface area (Å²) in [5.74, 6) is 1.25. The van der Waals surface area contributed by atoms with E-state index in [1.807, 2.05) is 53.9 Å². The first-order valence-corrected chi connectivity index (χ1v) is 13.0. The van der Waals surface area contributed by atoms with Gasteiger partial charge in [0.2, 0.25) is 5.91 Å². The Bertz CT molecular complexity index is 1390. The van der Waals surface area contributed by atoms with Crippen molar-refractivity contribution in [3.8, 4) is 11.5 Å². The number of rotatable bonds is 9. The summed E-state index contributed by atoms with van der Waals surface area (Å²) in [7, 11) is 3.18. The van der Waals surface area contributed by atoms with Crippen molar-refractivity contribution in [3.05, 3.63) is 74.3 Å². The Morgan fingerprint density at radius 2 is 1.97 bits per heavy atom. The zero-order chi connectivity index (χ0) is 24.1. The second-order valence-corrected chi connectivity index (χ2v) is 10.0. The fourth-order valence-electron chi connectivity index (χ4n) is 3.40. The molecule has 0 aliphatic rings. The number of amides is 1. The van der Waals surface area contributed by atoms with Crippen molar-refractivity contribution in [2.24, 2.45) is 0 Å². The minimum Gasteiger partial charge on any atom is -0.493 e. The van der Waals surface area contributed by atoms with Gasteiger partial charge in [-0.05, 0) is 53.8 Å². The third kappa shape index (κ3) is 5.63. The molecular weight excluding hydrogens is 538 g/mol. The van der Waals surface area contributed by atoms with Crippen LogP contribution in [-0.4, -0.2) is 35.4 Å². The lowest BCUT2D eigenvalue weighted by atomic mass is 10.1. The van der Waals surface area contributed by atoms with Gasteiger partial charge in [0.05, 0.1) is 25.5 Å². The molecule has 4 aromatic rings. The fourth-order valence-corrected chi connectivity index (χ4v) is 5.40. The molecule has 176 valence electrons. The summed E-state index contributed by atoms with van der Waals surface area (Å²) in [5, 5.41) is 5.24. The number of thiophene rings is 1. The molecule has 0 radical (unpaired) electrons. The second-order valence-electron chi connectivity index (χ2n) is 7.27. The Morgan fingerprint density at radius 3 is 2.74 bits per heavy atom. The number of nitrogens with zero attached hydrogens (tertiary/aromatic N) is 2. The summed E-state index contributed by atoms with van der Waals surface area (Å²) in [4.78, 5) is 30.4. The van der Waals surface area contributed by atoms with Crippen molar-refractivity contribution in [3.63, 3.8) is 0 Å². The van der Waals surface area contributed by atoms with Gasteiger partial charge in [0.25, 0.3) is 5.56 Å². The van der Waals surface area contributed by atoms with Gasteiger partial charge in [-0.2, -0.15) is 0 Å². The first-order chi connectivity index (χ1) is 16.5. The SMILES string of the molecule is COc1ccc(CCn2c(SCC(=O)Nc3cccc(Br)c3)nc3ccsc3c2=O)cc1OC. The standard InChI is InChI=1S/C24H22BrN3O4S2/c1-31-19-7-6-15(12-20(19)32-2)8-10-28-23(30)22-18(9-11-33-22)27-24(28)34-14-21(29)26-17-5-3-4-16(25)13-17/h3-7,9,11-13H,8,10,14H2,1-2H3,(H,26,29). The van der Waals surface area contributed by atoms with Gasteiger partial charge in [-0.3, -0.25) is 14.2 Å². The van der Waals surface area contributed by atoms with E-state index in [9.17, 15) is 9.59 Å². The number of hydrogen-bond donors (Lipinski definition) is 1. The molecular formula is C24H22BrN3O4S2. The van der Waals surface area contributed by atoms with E-state index in [1.165, 1.54) is 23.1 Å². The van der Waals surface area contributed by atoms with E-state index in [4.69, 9.17) is 9.47 Å². The predicted molar refractivity (Wildman–Crippen MR) is 141 cm³/mol. The number of ether oxygens (including phenoxy) is 2. The lowest BCUT2D eigenvalue weighted by Gasteiger charge is -2.13. The number of anilines is 1. The summed E-state index contributed by atoms with van der Waals surface area (Å²) < 4.78 is 13.8. The normalized spacial score (nSPS) is 10.9. The van der Waals surface area contributed by atoms with Crippen LogP contribution in [0.2, 0.25) is 0 Å². The average Bonchev–Trinajstić information content (AvgIpc) is 3.31. The first-order valence-electron chi connectivity index (χ1n) is 10.4. The lowest BCUT2D eigenvalue weighted by molar-refractivity contribution is -0.113. The van der Waals surface area contributed by atoms with Crippen LogP contribution in [0.25, 0.3) is 10.2 Å². The molecule has 0 saturated carbocycles. The van der Waals surface area contributed by atoms with Crippen LogP contribution >= 0.6 is 39.0 Å². The molecule has 0 spiro atoms. The van der Waals surface area contributed by atoms with E-state index in [1.54, 1.807) is 18.8 Å². The zero-order valence-electron chi connectivity index (χ0n) is 18.5. The Labute approximate surface area is 213 Å². The van der Waals surface area contributed by atoms with Crippen LogP contribution in [0.5, 0.6) is 11.5 Å². The zero-order valence-corrected chi connectivity index (χ0v) is 21.8. The minimum absolute atomic E-state index is 0.102. The lowest BCUT2D eigenvalue weighted by Crippen LogP contribution is -2.24. The maximum absolute atomic E-state index is 13.2. The molecule has 7 nitrogen and oxygen atoms in total. The Kier molecular flexibility index (Phi) is 7.91. The van der Waals surface area contributed by atoms with Crippen LogP contribution in [0, 0.1) is 0 Å². The van der Waals surface area contributed by atoms with Gasteiger partial charge < -0.3 is 14.8 Å². The quantitative estimate of drug-likeness (QED) is 0.224. The van der Waals surface area contributed by atoms with Crippen molar-refractivity contribution < 1.29 is 14.3 Å². The number of fused-ring (bicyclic) bond motifs is 1. The number of nitrogens with one attached hydrogen (secondary N) is 1. The molecule has 10 heteroatoms. The number of methoxy groups -OCH3 is 2. The number of halogens is 1. The molecule has 0 aliphatic heterocycles. The van der Waals surface area contributed by atoms with Crippen LogP contribution in [0.1, 0.15) is 5.56 Å². The number of carbonyl (C=O) groups is 1. The number of aryl methyl sites for hydroxylation is 1. The fraction of sp³-hybridized carbons (Fsp3) is 0.208. The molecule has 2 heterocycles. The molecule has 2 aromatic carbocycles. The Hall–Kier alpha value is -2.82. The van der Waals surface area contributed by atoms with Crippen molar-refractivity contribution in [1.82, 2.24) is 9.55 Å². The van der Waals surface area contributed by atoms with E-state index in [0.717, 1.165) is 10.0 Å². The molecule has 0 unspecified atom stereocenters. The largest absolute Gasteiger partial charge is 0.493 e. The first kappa shape index (κ1) is 24.3. The number of carbonyl (C=O) groups excluding carboxylic acids is 1. The van der Waals surface area contributed by atoms with E-state index in [-0.39, 0.29) is 17.2 Å². The van der Waals surface area contributed by atoms with Crippen molar-refractivity contribution in [1.29, 1.82) is 0 Å². The summed E-state index contributed by atoms with van der Waals surface area (Å²) in [6.07, 6.45) is 0.594. The van der Waals surface area contributed by atoms with Crippen LogP contribution < -0.4 is 20.3 Å². The van der Waals surface area contributed by atoms with Crippen molar-refractivity contribution in [2.45, 2.75) is 18.1 Å². The van der Waals surface area contributed by atoms with Crippen LogP contribution in [0.3, 0.4) is 0 Å². The Morgan fingerprint density at radius 1 is 1.15 bits per heavy atom. The summed E-state index contributed by atoms with van der Waals surface area (Å²) >= 11 is 6.02. The second kappa shape index (κ2) is 11.1. The van der Waals surface area contributed by atoms with E-state index in [0.29, 0.717) is 45.5 Å². The topological polar surface area (TPSA) is 82.5 Å². The molecule has 1 amide bonds. The molecule has 34 heavy (non-hydrogen) atoms. The monoisotopic (exact) mass is 559 g/mol. The highest BCUT2D eigenvalue weighted by atomic mass is 79.9. The molecule has 0 atom stereocenters. The maximum Gasteiger partial charge on any atom is 0.272 e. The van der Waals surface area contributed by atoms with Gasteiger partial charge in [0.15, 0.2) is 16.7 Å². The maximum atomic E-state index is 13.2. The molecule has 2 aromatic heterocycles. The van der Waals surface area contributed by atoms with Gasteiger partial charge in [0, 0.05) is 16.7 Å². The molecule has 0 saturated heterocycles. The van der Waals surface area contributed by atoms with Gasteiger partial charge in [-0.25, -0.2) is 4.98 Å². The van der Waals surface area contributed by atoms with Crippen molar-refractivity contribution >= 4 is 60.8 Å². The number of benzene rings is 2. The predicted octanol–water partition coefficient (Wildman–Crippen LogP) is 5.21.